The Balaban J connectivity index is 2.35. The van der Waals surface area contributed by atoms with Crippen LogP contribution in [0.2, 0.25) is 0 Å². The molecule has 1 aliphatic carbocycles. The van der Waals surface area contributed by atoms with Crippen molar-refractivity contribution < 1.29 is 4.74 Å². The molecular formula is C12H12BrNO. The molecule has 0 N–H and O–H groups in total. The van der Waals surface area contributed by atoms with Gasteiger partial charge >= 0.3 is 0 Å². The molecule has 0 aliphatic heterocycles. The number of halogens is 1. The first-order valence-corrected chi connectivity index (χ1v) is 5.72. The number of hydrogen-bond donors (Lipinski definition) is 0. The molecule has 1 aliphatic rings. The van der Waals surface area contributed by atoms with Gasteiger partial charge in [-0.1, -0.05) is 22.0 Å². The second-order valence-corrected chi connectivity index (χ2v) is 4.82. The van der Waals surface area contributed by atoms with E-state index in [0.29, 0.717) is 6.42 Å². The number of benzene rings is 1. The molecule has 1 atom stereocenters. The highest BCUT2D eigenvalue weighted by molar-refractivity contribution is 9.10. The van der Waals surface area contributed by atoms with Gasteiger partial charge < -0.3 is 4.74 Å². The Kier molecular flexibility index (Phi) is 2.81. The van der Waals surface area contributed by atoms with Crippen molar-refractivity contribution in [3.8, 4) is 6.07 Å². The molecule has 0 amide bonds. The summed E-state index contributed by atoms with van der Waals surface area (Å²) in [7, 11) is 1.62. The van der Waals surface area contributed by atoms with Crippen molar-refractivity contribution in [3.05, 3.63) is 33.8 Å². The third-order valence-electron chi connectivity index (χ3n) is 3.04. The number of methoxy groups -OCH3 is 1. The van der Waals surface area contributed by atoms with Crippen molar-refractivity contribution in [2.24, 2.45) is 0 Å². The lowest BCUT2D eigenvalue weighted by atomic mass is 9.81. The number of hydrogen-bond acceptors (Lipinski definition) is 2. The molecule has 1 aromatic rings. The normalized spacial score (nSPS) is 24.3. The smallest absolute Gasteiger partial charge is 0.158 e. The van der Waals surface area contributed by atoms with Gasteiger partial charge in [-0.05, 0) is 36.1 Å². The molecule has 0 fully saturated rings. The van der Waals surface area contributed by atoms with Gasteiger partial charge in [0.15, 0.2) is 5.60 Å². The summed E-state index contributed by atoms with van der Waals surface area (Å²) in [6.45, 7) is 0. The van der Waals surface area contributed by atoms with Crippen molar-refractivity contribution in [2.45, 2.75) is 24.9 Å². The molecule has 2 rings (SSSR count). The Morgan fingerprint density at radius 2 is 2.27 bits per heavy atom. The number of ether oxygens (including phenoxy) is 1. The van der Waals surface area contributed by atoms with Gasteiger partial charge in [0.2, 0.25) is 0 Å². The van der Waals surface area contributed by atoms with Crippen molar-refractivity contribution in [1.29, 1.82) is 5.26 Å². The minimum Gasteiger partial charge on any atom is -0.363 e. The summed E-state index contributed by atoms with van der Waals surface area (Å²) < 4.78 is 6.44. The molecular weight excluding hydrogens is 254 g/mol. The predicted molar refractivity (Wildman–Crippen MR) is 61.5 cm³/mol. The largest absolute Gasteiger partial charge is 0.363 e. The quantitative estimate of drug-likeness (QED) is 0.783. The van der Waals surface area contributed by atoms with Crippen LogP contribution >= 0.6 is 15.9 Å². The summed E-state index contributed by atoms with van der Waals surface area (Å²) in [5, 5.41) is 9.14. The fourth-order valence-electron chi connectivity index (χ4n) is 2.05. The van der Waals surface area contributed by atoms with Crippen LogP contribution in [0, 0.1) is 11.3 Å². The Morgan fingerprint density at radius 3 is 2.93 bits per heavy atom. The Bertz CT molecular complexity index is 424. The summed E-state index contributed by atoms with van der Waals surface area (Å²) in [6, 6.07) is 8.51. The molecule has 0 aromatic heterocycles. The second kappa shape index (κ2) is 3.96. The average Bonchev–Trinajstić information content (AvgIpc) is 2.28. The molecule has 3 heteroatoms. The van der Waals surface area contributed by atoms with Crippen LogP contribution in [0.3, 0.4) is 0 Å². The monoisotopic (exact) mass is 265 g/mol. The molecule has 1 unspecified atom stereocenters. The van der Waals surface area contributed by atoms with Crippen molar-refractivity contribution in [3.63, 3.8) is 0 Å². The van der Waals surface area contributed by atoms with E-state index in [1.54, 1.807) is 7.11 Å². The molecule has 0 bridgehead atoms. The van der Waals surface area contributed by atoms with Crippen LogP contribution in [0.4, 0.5) is 0 Å². The van der Waals surface area contributed by atoms with Crippen LogP contribution < -0.4 is 0 Å². The molecule has 0 spiro atoms. The highest BCUT2D eigenvalue weighted by Gasteiger charge is 2.34. The van der Waals surface area contributed by atoms with Crippen molar-refractivity contribution in [2.75, 3.05) is 7.11 Å². The Hall–Kier alpha value is -0.850. The van der Waals surface area contributed by atoms with Crippen LogP contribution in [0.1, 0.15) is 17.5 Å². The van der Waals surface area contributed by atoms with Crippen LogP contribution in [0.5, 0.6) is 0 Å². The van der Waals surface area contributed by atoms with E-state index >= 15 is 0 Å². The van der Waals surface area contributed by atoms with Crippen molar-refractivity contribution in [1.82, 2.24) is 0 Å². The summed E-state index contributed by atoms with van der Waals surface area (Å²) in [5.74, 6) is 0. The Labute approximate surface area is 98.0 Å². The maximum atomic E-state index is 9.14. The molecule has 1 aromatic carbocycles. The summed E-state index contributed by atoms with van der Waals surface area (Å²) in [6.07, 6.45) is 2.39. The van der Waals surface area contributed by atoms with Gasteiger partial charge in [-0.15, -0.1) is 0 Å². The highest BCUT2D eigenvalue weighted by Crippen LogP contribution is 2.32. The van der Waals surface area contributed by atoms with Crippen LogP contribution in [0.25, 0.3) is 0 Å². The van der Waals surface area contributed by atoms with Gasteiger partial charge in [0.05, 0.1) is 6.07 Å². The lowest BCUT2D eigenvalue weighted by Gasteiger charge is -2.30. The SMILES string of the molecule is COC1(C#N)CCc2cc(Br)ccc2C1. The maximum absolute atomic E-state index is 9.14. The first kappa shape index (κ1) is 10.7. The van der Waals surface area contributed by atoms with Crippen LogP contribution in [-0.4, -0.2) is 12.7 Å². The zero-order valence-electron chi connectivity index (χ0n) is 8.59. The topological polar surface area (TPSA) is 33.0 Å². The van der Waals surface area contributed by atoms with E-state index in [-0.39, 0.29) is 0 Å². The summed E-state index contributed by atoms with van der Waals surface area (Å²) in [5.41, 5.74) is 1.95. The highest BCUT2D eigenvalue weighted by atomic mass is 79.9. The summed E-state index contributed by atoms with van der Waals surface area (Å²) in [4.78, 5) is 0. The minimum atomic E-state index is -0.610. The third-order valence-corrected chi connectivity index (χ3v) is 3.53. The molecule has 15 heavy (non-hydrogen) atoms. The predicted octanol–water partition coefficient (Wildman–Crippen LogP) is 2.85. The zero-order chi connectivity index (χ0) is 10.9. The van der Waals surface area contributed by atoms with E-state index in [9.17, 15) is 0 Å². The van der Waals surface area contributed by atoms with E-state index in [2.05, 4.69) is 34.1 Å². The number of nitriles is 1. The van der Waals surface area contributed by atoms with E-state index in [4.69, 9.17) is 10.00 Å². The number of rotatable bonds is 1. The second-order valence-electron chi connectivity index (χ2n) is 3.90. The minimum absolute atomic E-state index is 0.610. The first-order valence-electron chi connectivity index (χ1n) is 4.93. The van der Waals surface area contributed by atoms with Crippen LogP contribution in [-0.2, 0) is 17.6 Å². The molecule has 0 heterocycles. The zero-order valence-corrected chi connectivity index (χ0v) is 10.2. The van der Waals surface area contributed by atoms with Gasteiger partial charge in [-0.3, -0.25) is 0 Å². The fraction of sp³-hybridized carbons (Fsp3) is 0.417. The lowest BCUT2D eigenvalue weighted by Crippen LogP contribution is -2.36. The van der Waals surface area contributed by atoms with Gasteiger partial charge in [0, 0.05) is 18.0 Å². The standard InChI is InChI=1S/C12H12BrNO/c1-15-12(8-14)5-4-9-6-11(13)3-2-10(9)7-12/h2-3,6H,4-5,7H2,1H3. The first-order chi connectivity index (χ1) is 7.19. The van der Waals surface area contributed by atoms with Gasteiger partial charge in [0.25, 0.3) is 0 Å². The van der Waals surface area contributed by atoms with E-state index < -0.39 is 5.60 Å². The van der Waals surface area contributed by atoms with Crippen LogP contribution in [0.15, 0.2) is 22.7 Å². The number of fused-ring (bicyclic) bond motifs is 1. The maximum Gasteiger partial charge on any atom is 0.158 e. The molecule has 78 valence electrons. The summed E-state index contributed by atoms with van der Waals surface area (Å²) >= 11 is 3.46. The molecule has 2 nitrogen and oxygen atoms in total. The average molecular weight is 266 g/mol. The van der Waals surface area contributed by atoms with E-state index in [1.165, 1.54) is 11.1 Å². The number of nitrogens with zero attached hydrogens (tertiary/aromatic N) is 1. The third kappa shape index (κ3) is 1.92. The fourth-order valence-corrected chi connectivity index (χ4v) is 2.46. The molecule has 0 radical (unpaired) electrons. The van der Waals surface area contributed by atoms with Gasteiger partial charge in [-0.2, -0.15) is 5.26 Å². The molecule has 0 saturated carbocycles. The number of aryl methyl sites for hydroxylation is 1. The van der Waals surface area contributed by atoms with Gasteiger partial charge in [0.1, 0.15) is 0 Å². The van der Waals surface area contributed by atoms with Crippen molar-refractivity contribution >= 4 is 15.9 Å². The van der Waals surface area contributed by atoms with E-state index in [0.717, 1.165) is 17.3 Å². The van der Waals surface area contributed by atoms with Gasteiger partial charge in [-0.25, -0.2) is 0 Å². The molecule has 0 saturated heterocycles. The van der Waals surface area contributed by atoms with E-state index in [1.807, 2.05) is 6.07 Å². The Morgan fingerprint density at radius 1 is 1.47 bits per heavy atom. The lowest BCUT2D eigenvalue weighted by molar-refractivity contribution is 0.0277.